The summed E-state index contributed by atoms with van der Waals surface area (Å²) in [5.74, 6) is -2.60. The highest BCUT2D eigenvalue weighted by Gasteiger charge is 2.70. The molecule has 3 N–H and O–H groups in total. The van der Waals surface area contributed by atoms with Crippen molar-refractivity contribution in [1.29, 1.82) is 0 Å². The van der Waals surface area contributed by atoms with Gasteiger partial charge in [-0.3, -0.25) is 29.0 Å². The van der Waals surface area contributed by atoms with Crippen molar-refractivity contribution < 1.29 is 62.9 Å². The van der Waals surface area contributed by atoms with Crippen LogP contribution in [-0.2, 0) is 43.5 Å². The summed E-state index contributed by atoms with van der Waals surface area (Å²) in [5, 5.41) is 32.5. The van der Waals surface area contributed by atoms with Crippen LogP contribution in [0.1, 0.15) is 111 Å². The van der Waals surface area contributed by atoms with Gasteiger partial charge in [-0.05, 0) is 134 Å². The number of carbonyl (C=O) groups excluding carboxylic acids is 4. The second-order valence-corrected chi connectivity index (χ2v) is 24.9. The van der Waals surface area contributed by atoms with E-state index in [1.165, 1.54) is 9.80 Å². The Morgan fingerprint density at radius 2 is 1.18 bits per heavy atom. The van der Waals surface area contributed by atoms with Gasteiger partial charge >= 0.3 is 0 Å². The van der Waals surface area contributed by atoms with Crippen LogP contribution in [0.5, 0.6) is 23.0 Å². The number of hydrogen-bond acceptors (Lipinski definition) is 13. The zero-order valence-corrected chi connectivity index (χ0v) is 48.0. The molecule has 6 heterocycles. The Bertz CT molecular complexity index is 3010. The van der Waals surface area contributed by atoms with Crippen molar-refractivity contribution in [2.45, 2.75) is 136 Å². The standard InChI is InChI=1S/C65H78N2O13/c1-36(22-26-66-59(72)52-50-21-24-65(80-50,55(52)61(66)74)53(42-28-37(2)56(69)38(3)29-42)43-30-39(4)57(70)40(5)31-43)32-62(7,8)25-27-67-58(71)51-49-20-23-64(79-49,54(51)60(67)73)35-76-33-46(68)34-77-47-16-12-44(13-17-47)63(9,10)45-14-18-48(19-15-45)78-41(6)75-11/h12-21,23-24,28-31,36,41,46,49-55,68-70H,22,25-27,32-35H2,1-11H3. The lowest BCUT2D eigenvalue weighted by molar-refractivity contribution is -0.147. The molecule has 0 aromatic heterocycles. The summed E-state index contributed by atoms with van der Waals surface area (Å²) in [6, 6.07) is 23.4. The van der Waals surface area contributed by atoms with E-state index in [4.69, 9.17) is 28.4 Å². The molecule has 426 valence electrons. The van der Waals surface area contributed by atoms with Crippen molar-refractivity contribution >= 4 is 23.6 Å². The van der Waals surface area contributed by atoms with E-state index in [1.807, 2.05) is 132 Å². The molecule has 11 unspecified atom stereocenters. The molecule has 4 aromatic carbocycles. The van der Waals surface area contributed by atoms with Gasteiger partial charge in [0.1, 0.15) is 46.9 Å². The van der Waals surface area contributed by atoms with Gasteiger partial charge in [0.2, 0.25) is 23.6 Å². The van der Waals surface area contributed by atoms with Gasteiger partial charge in [-0.15, -0.1) is 0 Å². The van der Waals surface area contributed by atoms with Crippen LogP contribution in [0.15, 0.2) is 97.1 Å². The van der Waals surface area contributed by atoms with Crippen LogP contribution in [0.25, 0.3) is 0 Å². The number of benzene rings is 4. The zero-order valence-electron chi connectivity index (χ0n) is 48.0. The Labute approximate surface area is 469 Å². The van der Waals surface area contributed by atoms with E-state index in [0.717, 1.165) is 34.4 Å². The molecule has 4 amide bonds. The molecule has 0 aliphatic carbocycles. The predicted octanol–water partition coefficient (Wildman–Crippen LogP) is 9.07. The summed E-state index contributed by atoms with van der Waals surface area (Å²) in [6.07, 6.45) is 6.94. The summed E-state index contributed by atoms with van der Waals surface area (Å²) in [6.45, 7) is 20.2. The van der Waals surface area contributed by atoms with Crippen LogP contribution in [-0.4, -0.2) is 125 Å². The molecule has 6 aliphatic heterocycles. The Balaban J connectivity index is 0.711. The Morgan fingerprint density at radius 3 is 1.75 bits per heavy atom. The number of imide groups is 2. The average Bonchev–Trinajstić information content (AvgIpc) is 4.32. The van der Waals surface area contributed by atoms with Crippen LogP contribution in [0, 0.1) is 62.7 Å². The third-order valence-corrected chi connectivity index (χ3v) is 18.2. The Morgan fingerprint density at radius 1 is 0.662 bits per heavy atom. The highest BCUT2D eigenvalue weighted by atomic mass is 16.7. The summed E-state index contributed by atoms with van der Waals surface area (Å²) < 4.78 is 36.1. The first kappa shape index (κ1) is 56.9. The minimum absolute atomic E-state index is 0.0126. The van der Waals surface area contributed by atoms with Gasteiger partial charge in [-0.25, -0.2) is 0 Å². The van der Waals surface area contributed by atoms with Crippen molar-refractivity contribution in [3.05, 3.63) is 142 Å². The fourth-order valence-corrected chi connectivity index (χ4v) is 13.9. The van der Waals surface area contributed by atoms with Crippen LogP contribution in [0.4, 0.5) is 0 Å². The number of phenolic OH excluding ortho intramolecular Hbond substituents is 2. The van der Waals surface area contributed by atoms with Crippen LogP contribution in [0.2, 0.25) is 0 Å². The van der Waals surface area contributed by atoms with Crippen LogP contribution >= 0.6 is 0 Å². The molecule has 4 bridgehead atoms. The van der Waals surface area contributed by atoms with Crippen molar-refractivity contribution in [2.24, 2.45) is 35.0 Å². The van der Waals surface area contributed by atoms with E-state index in [9.17, 15) is 34.5 Å². The highest BCUT2D eigenvalue weighted by Crippen LogP contribution is 2.60. The summed E-state index contributed by atoms with van der Waals surface area (Å²) >= 11 is 0. The molecule has 11 atom stereocenters. The molecular formula is C65H78N2O13. The number of aryl methyl sites for hydroxylation is 4. The van der Waals surface area contributed by atoms with Gasteiger partial charge in [-0.1, -0.05) is 107 Å². The number of hydrogen-bond donors (Lipinski definition) is 3. The molecule has 15 heteroatoms. The van der Waals surface area contributed by atoms with Crippen molar-refractivity contribution in [3.63, 3.8) is 0 Å². The number of rotatable bonds is 23. The maximum atomic E-state index is 14.8. The third kappa shape index (κ3) is 10.2. The van der Waals surface area contributed by atoms with E-state index in [1.54, 1.807) is 7.11 Å². The first-order valence-corrected chi connectivity index (χ1v) is 28.2. The van der Waals surface area contributed by atoms with E-state index in [0.29, 0.717) is 40.8 Å². The number of aromatic hydroxyl groups is 2. The number of fused-ring (bicyclic) bond motifs is 10. The first-order chi connectivity index (χ1) is 37.9. The second kappa shape index (κ2) is 21.5. The molecule has 6 aliphatic rings. The smallest absolute Gasteiger partial charge is 0.236 e. The van der Waals surface area contributed by atoms with Crippen molar-refractivity contribution in [3.8, 4) is 23.0 Å². The van der Waals surface area contributed by atoms with Gasteiger partial charge in [0.05, 0.1) is 49.1 Å². The maximum absolute atomic E-state index is 14.8. The molecule has 4 saturated heterocycles. The van der Waals surface area contributed by atoms with Gasteiger partial charge in [-0.2, -0.15) is 0 Å². The fraction of sp³-hybridized carbons (Fsp3) is 0.508. The van der Waals surface area contributed by atoms with E-state index in [-0.39, 0.29) is 91.1 Å². The minimum Gasteiger partial charge on any atom is -0.507 e. The number of aliphatic hydroxyl groups is 1. The molecule has 0 spiro atoms. The lowest BCUT2D eigenvalue weighted by Crippen LogP contribution is -2.45. The largest absolute Gasteiger partial charge is 0.507 e. The Hall–Kier alpha value is -6.36. The number of nitrogens with zero attached hydrogens (tertiary/aromatic N) is 2. The van der Waals surface area contributed by atoms with Gasteiger partial charge in [0.15, 0.2) is 6.29 Å². The molecule has 15 nitrogen and oxygen atoms in total. The molecular weight excluding hydrogens is 1020 g/mol. The normalized spacial score (nSPS) is 26.8. The average molecular weight is 1100 g/mol. The number of likely N-dealkylation sites (tertiary alicyclic amines) is 2. The molecule has 4 aromatic rings. The number of carbonyl (C=O) groups is 4. The number of phenols is 2. The fourth-order valence-electron chi connectivity index (χ4n) is 13.9. The monoisotopic (exact) mass is 1090 g/mol. The van der Waals surface area contributed by atoms with Gasteiger partial charge in [0.25, 0.3) is 0 Å². The first-order valence-electron chi connectivity index (χ1n) is 28.2. The van der Waals surface area contributed by atoms with E-state index in [2.05, 4.69) is 34.6 Å². The topological polar surface area (TPSA) is 191 Å². The van der Waals surface area contributed by atoms with Crippen LogP contribution in [0.3, 0.4) is 0 Å². The number of aliphatic hydroxyl groups excluding tert-OH is 1. The predicted molar refractivity (Wildman–Crippen MR) is 299 cm³/mol. The van der Waals surface area contributed by atoms with Gasteiger partial charge in [0, 0.05) is 31.5 Å². The molecule has 0 radical (unpaired) electrons. The van der Waals surface area contributed by atoms with Gasteiger partial charge < -0.3 is 43.7 Å². The molecule has 10 rings (SSSR count). The Kier molecular flexibility index (Phi) is 15.3. The molecule has 4 fully saturated rings. The molecule has 0 saturated carbocycles. The summed E-state index contributed by atoms with van der Waals surface area (Å²) in [5.41, 5.74) is 3.70. The van der Waals surface area contributed by atoms with Crippen molar-refractivity contribution in [1.82, 2.24) is 9.80 Å². The van der Waals surface area contributed by atoms with Crippen molar-refractivity contribution in [2.75, 3.05) is 40.0 Å². The second-order valence-electron chi connectivity index (χ2n) is 24.9. The van der Waals surface area contributed by atoms with E-state index < -0.39 is 59.1 Å². The minimum atomic E-state index is -1.18. The van der Waals surface area contributed by atoms with Crippen LogP contribution < -0.4 is 9.47 Å². The quantitative estimate of drug-likeness (QED) is 0.0363. The number of ether oxygens (including phenoxy) is 6. The SMILES string of the molecule is COC(C)Oc1ccc(C(C)(C)c2ccc(OCC(O)COCC34C=CC(O3)C3C(=O)N(CCC(C)(C)CC(C)CCN5C(=O)C6C7C=CC(C(c8cc(C)c(O)c(C)c8)c8cc(C)c(O)c(C)c8)(O7)C6C5=O)C(=O)C34)cc2)cc1. The lowest BCUT2D eigenvalue weighted by Gasteiger charge is -2.38. The molecule has 80 heavy (non-hydrogen) atoms. The van der Waals surface area contributed by atoms with E-state index >= 15 is 0 Å². The summed E-state index contributed by atoms with van der Waals surface area (Å²) in [7, 11) is 1.60. The number of methoxy groups -OCH3 is 1. The zero-order chi connectivity index (χ0) is 57.4. The lowest BCUT2D eigenvalue weighted by atomic mass is 9.66. The number of amides is 4. The highest BCUT2D eigenvalue weighted by molar-refractivity contribution is 6.08. The summed E-state index contributed by atoms with van der Waals surface area (Å²) in [4.78, 5) is 60.2. The third-order valence-electron chi connectivity index (χ3n) is 18.2. The maximum Gasteiger partial charge on any atom is 0.236 e.